The van der Waals surface area contributed by atoms with Crippen molar-refractivity contribution < 1.29 is 14.7 Å². The second kappa shape index (κ2) is 6.55. The molecule has 0 saturated carbocycles. The SMILES string of the molecule is CC(C)(C(=O)NC(C(=O)O)c1cccs1)N1CCNCC1. The van der Waals surface area contributed by atoms with Gasteiger partial charge in [-0.25, -0.2) is 4.79 Å². The Morgan fingerprint density at radius 2 is 2.10 bits per heavy atom. The molecule has 0 spiro atoms. The Labute approximate surface area is 128 Å². The van der Waals surface area contributed by atoms with E-state index in [0.717, 1.165) is 26.2 Å². The summed E-state index contributed by atoms with van der Waals surface area (Å²) in [6.07, 6.45) is 0. The van der Waals surface area contributed by atoms with Crippen LogP contribution in [0.3, 0.4) is 0 Å². The number of amides is 1. The maximum atomic E-state index is 12.5. The van der Waals surface area contributed by atoms with Gasteiger partial charge in [-0.15, -0.1) is 11.3 Å². The highest BCUT2D eigenvalue weighted by atomic mass is 32.1. The summed E-state index contributed by atoms with van der Waals surface area (Å²) >= 11 is 1.33. The first kappa shape index (κ1) is 15.9. The number of thiophene rings is 1. The number of nitrogens with zero attached hydrogens (tertiary/aromatic N) is 1. The lowest BCUT2D eigenvalue weighted by molar-refractivity contribution is -0.144. The van der Waals surface area contributed by atoms with Crippen molar-refractivity contribution >= 4 is 23.2 Å². The lowest BCUT2D eigenvalue weighted by Gasteiger charge is -2.40. The molecule has 1 atom stereocenters. The van der Waals surface area contributed by atoms with Crippen LogP contribution in [0.2, 0.25) is 0 Å². The molecule has 1 amide bonds. The van der Waals surface area contributed by atoms with Crippen LogP contribution in [-0.2, 0) is 9.59 Å². The molecule has 1 aliphatic heterocycles. The van der Waals surface area contributed by atoms with Crippen molar-refractivity contribution in [3.05, 3.63) is 22.4 Å². The predicted molar refractivity (Wildman–Crippen MR) is 81.4 cm³/mol. The van der Waals surface area contributed by atoms with Gasteiger partial charge in [0.25, 0.3) is 0 Å². The van der Waals surface area contributed by atoms with E-state index < -0.39 is 17.6 Å². The van der Waals surface area contributed by atoms with Gasteiger partial charge in [0.1, 0.15) is 0 Å². The van der Waals surface area contributed by atoms with Gasteiger partial charge in [-0.05, 0) is 25.3 Å². The molecule has 6 nitrogen and oxygen atoms in total. The van der Waals surface area contributed by atoms with E-state index in [0.29, 0.717) is 4.88 Å². The van der Waals surface area contributed by atoms with E-state index in [2.05, 4.69) is 15.5 Å². The molecular formula is C14H21N3O3S. The van der Waals surface area contributed by atoms with Crippen LogP contribution in [0.1, 0.15) is 24.8 Å². The third-order valence-corrected chi connectivity index (χ3v) is 4.75. The second-order valence-electron chi connectivity index (χ2n) is 5.56. The summed E-state index contributed by atoms with van der Waals surface area (Å²) in [5, 5.41) is 17.1. The highest BCUT2D eigenvalue weighted by Crippen LogP contribution is 2.22. The number of hydrogen-bond acceptors (Lipinski definition) is 5. The number of nitrogens with one attached hydrogen (secondary N) is 2. The lowest BCUT2D eigenvalue weighted by atomic mass is 9.99. The molecule has 0 bridgehead atoms. The minimum Gasteiger partial charge on any atom is -0.479 e. The van der Waals surface area contributed by atoms with E-state index >= 15 is 0 Å². The highest BCUT2D eigenvalue weighted by molar-refractivity contribution is 7.10. The van der Waals surface area contributed by atoms with Crippen LogP contribution >= 0.6 is 11.3 Å². The Morgan fingerprint density at radius 3 is 2.62 bits per heavy atom. The van der Waals surface area contributed by atoms with Crippen LogP contribution in [0.4, 0.5) is 0 Å². The smallest absolute Gasteiger partial charge is 0.331 e. The molecule has 1 saturated heterocycles. The summed E-state index contributed by atoms with van der Waals surface area (Å²) in [5.41, 5.74) is -0.729. The molecule has 1 aromatic rings. The molecule has 7 heteroatoms. The van der Waals surface area contributed by atoms with E-state index in [4.69, 9.17) is 0 Å². The Kier molecular flexibility index (Phi) is 4.97. The Morgan fingerprint density at radius 1 is 1.43 bits per heavy atom. The second-order valence-corrected chi connectivity index (χ2v) is 6.54. The van der Waals surface area contributed by atoms with Crippen LogP contribution in [0.15, 0.2) is 17.5 Å². The first-order chi connectivity index (χ1) is 9.93. The van der Waals surface area contributed by atoms with Gasteiger partial charge in [-0.1, -0.05) is 6.07 Å². The first-order valence-corrected chi connectivity index (χ1v) is 7.84. The zero-order valence-electron chi connectivity index (χ0n) is 12.3. The molecule has 21 heavy (non-hydrogen) atoms. The average molecular weight is 311 g/mol. The zero-order valence-corrected chi connectivity index (χ0v) is 13.1. The van der Waals surface area contributed by atoms with Gasteiger partial charge >= 0.3 is 5.97 Å². The summed E-state index contributed by atoms with van der Waals surface area (Å²) in [5.74, 6) is -1.30. The van der Waals surface area contributed by atoms with Gasteiger partial charge in [-0.3, -0.25) is 9.69 Å². The van der Waals surface area contributed by atoms with E-state index in [1.807, 2.05) is 13.8 Å². The molecule has 2 heterocycles. The number of piperazine rings is 1. The highest BCUT2D eigenvalue weighted by Gasteiger charge is 2.37. The van der Waals surface area contributed by atoms with Gasteiger partial charge < -0.3 is 15.7 Å². The monoisotopic (exact) mass is 311 g/mol. The van der Waals surface area contributed by atoms with Crippen molar-refractivity contribution in [1.82, 2.24) is 15.5 Å². The number of carbonyl (C=O) groups excluding carboxylic acids is 1. The van der Waals surface area contributed by atoms with Crippen LogP contribution in [-0.4, -0.2) is 53.6 Å². The van der Waals surface area contributed by atoms with Crippen molar-refractivity contribution in [2.75, 3.05) is 26.2 Å². The molecule has 116 valence electrons. The van der Waals surface area contributed by atoms with Crippen LogP contribution < -0.4 is 10.6 Å². The van der Waals surface area contributed by atoms with Crippen molar-refractivity contribution in [2.24, 2.45) is 0 Å². The number of rotatable bonds is 5. The molecule has 1 unspecified atom stereocenters. The third kappa shape index (κ3) is 3.61. The summed E-state index contributed by atoms with van der Waals surface area (Å²) in [4.78, 5) is 26.7. The zero-order chi connectivity index (χ0) is 15.5. The summed E-state index contributed by atoms with van der Waals surface area (Å²) in [6.45, 7) is 6.89. The van der Waals surface area contributed by atoms with Crippen molar-refractivity contribution in [3.8, 4) is 0 Å². The van der Waals surface area contributed by atoms with Gasteiger partial charge in [-0.2, -0.15) is 0 Å². The minimum absolute atomic E-state index is 0.259. The van der Waals surface area contributed by atoms with E-state index in [1.165, 1.54) is 11.3 Å². The lowest BCUT2D eigenvalue weighted by Crippen LogP contribution is -2.60. The summed E-state index contributed by atoms with van der Waals surface area (Å²) in [7, 11) is 0. The molecular weight excluding hydrogens is 290 g/mol. The summed E-state index contributed by atoms with van der Waals surface area (Å²) in [6, 6.07) is 2.52. The van der Waals surface area contributed by atoms with E-state index in [-0.39, 0.29) is 5.91 Å². The van der Waals surface area contributed by atoms with Crippen LogP contribution in [0, 0.1) is 0 Å². The fraction of sp³-hybridized carbons (Fsp3) is 0.571. The predicted octanol–water partition coefficient (Wildman–Crippen LogP) is 0.674. The molecule has 0 radical (unpaired) electrons. The van der Waals surface area contributed by atoms with Crippen molar-refractivity contribution in [2.45, 2.75) is 25.4 Å². The maximum absolute atomic E-state index is 12.5. The normalized spacial score (nSPS) is 18.2. The molecule has 0 aliphatic carbocycles. The molecule has 3 N–H and O–H groups in total. The van der Waals surface area contributed by atoms with E-state index in [9.17, 15) is 14.7 Å². The fourth-order valence-electron chi connectivity index (χ4n) is 2.39. The van der Waals surface area contributed by atoms with E-state index in [1.54, 1.807) is 17.5 Å². The number of carboxylic acids is 1. The average Bonchev–Trinajstić information content (AvgIpc) is 2.98. The number of carboxylic acid groups (broad SMARTS) is 1. The molecule has 0 aromatic carbocycles. The van der Waals surface area contributed by atoms with Gasteiger partial charge in [0, 0.05) is 31.1 Å². The maximum Gasteiger partial charge on any atom is 0.331 e. The minimum atomic E-state index is -1.04. The van der Waals surface area contributed by atoms with Gasteiger partial charge in [0.05, 0.1) is 5.54 Å². The quantitative estimate of drug-likeness (QED) is 0.745. The topological polar surface area (TPSA) is 81.7 Å². The number of carbonyl (C=O) groups is 2. The molecule has 1 fully saturated rings. The standard InChI is InChI=1S/C14H21N3O3S/c1-14(2,17-7-5-15-6-8-17)13(20)16-11(12(18)19)10-4-3-9-21-10/h3-4,9,11,15H,5-8H2,1-2H3,(H,16,20)(H,18,19). The molecule has 2 rings (SSSR count). The van der Waals surface area contributed by atoms with Crippen LogP contribution in [0.25, 0.3) is 0 Å². The number of hydrogen-bond donors (Lipinski definition) is 3. The Hall–Kier alpha value is -1.44. The first-order valence-electron chi connectivity index (χ1n) is 6.96. The summed E-state index contributed by atoms with van der Waals surface area (Å²) < 4.78 is 0. The van der Waals surface area contributed by atoms with Crippen molar-refractivity contribution in [3.63, 3.8) is 0 Å². The largest absolute Gasteiger partial charge is 0.479 e. The van der Waals surface area contributed by atoms with Gasteiger partial charge in [0.15, 0.2) is 6.04 Å². The molecule has 1 aliphatic rings. The van der Waals surface area contributed by atoms with Crippen molar-refractivity contribution in [1.29, 1.82) is 0 Å². The van der Waals surface area contributed by atoms with Gasteiger partial charge in [0.2, 0.25) is 5.91 Å². The van der Waals surface area contributed by atoms with Crippen LogP contribution in [0.5, 0.6) is 0 Å². The third-order valence-electron chi connectivity index (χ3n) is 3.81. The number of aliphatic carboxylic acids is 1. The Balaban J connectivity index is 2.09. The fourth-order valence-corrected chi connectivity index (χ4v) is 3.15. The molecule has 1 aromatic heterocycles. The Bertz CT molecular complexity index is 496.